The predicted molar refractivity (Wildman–Crippen MR) is 73.7 cm³/mol. The van der Waals surface area contributed by atoms with E-state index in [2.05, 4.69) is 17.4 Å². The van der Waals surface area contributed by atoms with Crippen LogP contribution in [-0.2, 0) is 19.2 Å². The average molecular weight is 345 g/mol. The molecule has 0 bridgehead atoms. The van der Waals surface area contributed by atoms with Crippen LogP contribution < -0.4 is 0 Å². The summed E-state index contributed by atoms with van der Waals surface area (Å²) >= 11 is 0. The van der Waals surface area contributed by atoms with Crippen molar-refractivity contribution in [3.8, 4) is 0 Å². The van der Waals surface area contributed by atoms with Crippen LogP contribution in [-0.4, -0.2) is 25.9 Å². The van der Waals surface area contributed by atoms with Gasteiger partial charge in [0, 0.05) is 5.57 Å². The summed E-state index contributed by atoms with van der Waals surface area (Å²) in [5.74, 6) is -6.28. The Morgan fingerprint density at radius 1 is 1.13 bits per heavy atom. The molecule has 0 saturated heterocycles. The second kappa shape index (κ2) is 6.01. The van der Waals surface area contributed by atoms with E-state index in [1.807, 2.05) is 0 Å². The summed E-state index contributed by atoms with van der Waals surface area (Å²) in [4.78, 5) is 10.7. The molecule has 0 radical (unpaired) electrons. The number of nitrogens with zero attached hydrogens (tertiary/aromatic N) is 1. The summed E-state index contributed by atoms with van der Waals surface area (Å²) in [5, 5.41) is 0.435. The van der Waals surface area contributed by atoms with Crippen molar-refractivity contribution in [3.05, 3.63) is 66.0 Å². The number of hydrogen-bond acceptors (Lipinski definition) is 4. The van der Waals surface area contributed by atoms with E-state index >= 15 is 0 Å². The van der Waals surface area contributed by atoms with Crippen molar-refractivity contribution < 1.29 is 30.7 Å². The van der Waals surface area contributed by atoms with Crippen molar-refractivity contribution >= 4 is 16.0 Å². The Bertz CT molecular complexity index is 846. The molecule has 0 saturated carbocycles. The van der Waals surface area contributed by atoms with E-state index in [9.17, 15) is 26.4 Å². The molecule has 1 heterocycles. The van der Waals surface area contributed by atoms with Crippen molar-refractivity contribution in [2.24, 2.45) is 0 Å². The van der Waals surface area contributed by atoms with E-state index in [4.69, 9.17) is 0 Å². The Morgan fingerprint density at radius 3 is 2.30 bits per heavy atom. The third kappa shape index (κ3) is 2.92. The lowest BCUT2D eigenvalue weighted by atomic mass is 10.1. The molecule has 9 heteroatoms. The molecule has 2 rings (SSSR count). The van der Waals surface area contributed by atoms with Gasteiger partial charge < -0.3 is 0 Å². The summed E-state index contributed by atoms with van der Waals surface area (Å²) in [6, 6.07) is 0.933. The summed E-state index contributed by atoms with van der Waals surface area (Å²) in [7, 11) is -4.88. The van der Waals surface area contributed by atoms with Gasteiger partial charge in [0.1, 0.15) is 4.90 Å². The second-order valence-electron chi connectivity index (χ2n) is 4.39. The van der Waals surface area contributed by atoms with Gasteiger partial charge in [0.15, 0.2) is 17.5 Å². The van der Waals surface area contributed by atoms with Crippen LogP contribution in [0.1, 0.15) is 0 Å². The zero-order valence-electron chi connectivity index (χ0n) is 11.6. The highest BCUT2D eigenvalue weighted by atomic mass is 32.2. The number of carbonyl (C=O) groups is 1. The van der Waals surface area contributed by atoms with Crippen LogP contribution >= 0.6 is 0 Å². The fourth-order valence-electron chi connectivity index (χ4n) is 1.90. The molecule has 1 aromatic rings. The van der Waals surface area contributed by atoms with Crippen LogP contribution in [0.3, 0.4) is 0 Å². The van der Waals surface area contributed by atoms with Gasteiger partial charge in [-0.25, -0.2) is 13.2 Å². The third-order valence-corrected chi connectivity index (χ3v) is 4.25. The lowest BCUT2D eigenvalue weighted by Gasteiger charge is -2.15. The highest BCUT2D eigenvalue weighted by Crippen LogP contribution is 2.26. The maximum Gasteiger partial charge on any atom is 0.320 e. The molecule has 0 aromatic heterocycles. The molecule has 1 aliphatic rings. The van der Waals surface area contributed by atoms with Crippen LogP contribution in [0.4, 0.5) is 13.2 Å². The van der Waals surface area contributed by atoms with Gasteiger partial charge in [-0.1, -0.05) is 25.3 Å². The minimum atomic E-state index is -4.88. The highest BCUT2D eigenvalue weighted by Gasteiger charge is 2.34. The fraction of sp³-hybridized carbons (Fsp3) is 0.0714. The molecular weight excluding hydrogens is 335 g/mol. The molecule has 0 atom stereocenters. The zero-order valence-corrected chi connectivity index (χ0v) is 12.4. The quantitative estimate of drug-likeness (QED) is 0.768. The number of rotatable bonds is 5. The second-order valence-corrected chi connectivity index (χ2v) is 5.89. The van der Waals surface area contributed by atoms with Gasteiger partial charge in [-0.15, -0.1) is 4.28 Å². The topological polar surface area (TPSA) is 63.7 Å². The first-order valence-corrected chi connectivity index (χ1v) is 7.51. The first-order valence-electron chi connectivity index (χ1n) is 6.11. The number of halogens is 3. The van der Waals surface area contributed by atoms with Crippen LogP contribution in [0.5, 0.6) is 0 Å². The molecule has 122 valence electrons. The first kappa shape index (κ1) is 17.0. The summed E-state index contributed by atoms with van der Waals surface area (Å²) < 4.78 is 68.1. The summed E-state index contributed by atoms with van der Waals surface area (Å²) in [6.07, 6.45) is 2.50. The van der Waals surface area contributed by atoms with Crippen molar-refractivity contribution in [2.45, 2.75) is 4.90 Å². The molecular formula is C14H10F3NO4S. The van der Waals surface area contributed by atoms with Gasteiger partial charge >= 0.3 is 10.1 Å². The molecule has 0 fully saturated rings. The monoisotopic (exact) mass is 345 g/mol. The van der Waals surface area contributed by atoms with Crippen molar-refractivity contribution in [1.29, 1.82) is 0 Å². The number of carbonyl (C=O) groups excluding carboxylic acids is 1. The number of benzene rings is 1. The normalized spacial score (nSPS) is 15.3. The Morgan fingerprint density at radius 2 is 1.78 bits per heavy atom. The molecule has 0 spiro atoms. The maximum atomic E-state index is 13.6. The Kier molecular flexibility index (Phi) is 4.44. The smallest absolute Gasteiger partial charge is 0.267 e. The van der Waals surface area contributed by atoms with E-state index < -0.39 is 38.4 Å². The van der Waals surface area contributed by atoms with Gasteiger partial charge in [-0.05, 0) is 17.7 Å². The van der Waals surface area contributed by atoms with E-state index in [0.29, 0.717) is 22.8 Å². The van der Waals surface area contributed by atoms with Crippen molar-refractivity contribution in [1.82, 2.24) is 5.06 Å². The Labute approximate surface area is 130 Å². The molecule has 0 N–H and O–H groups in total. The summed E-state index contributed by atoms with van der Waals surface area (Å²) in [5.41, 5.74) is 0.423. The van der Waals surface area contributed by atoms with E-state index in [1.165, 1.54) is 12.2 Å². The van der Waals surface area contributed by atoms with Gasteiger partial charge in [-0.3, -0.25) is 4.79 Å². The Balaban J connectivity index is 2.35. The van der Waals surface area contributed by atoms with Crippen LogP contribution in [0, 0.1) is 17.5 Å². The number of hydrogen-bond donors (Lipinski definition) is 0. The minimum Gasteiger partial charge on any atom is -0.267 e. The highest BCUT2D eigenvalue weighted by molar-refractivity contribution is 7.86. The first-order chi connectivity index (χ1) is 10.7. The van der Waals surface area contributed by atoms with Crippen molar-refractivity contribution in [2.75, 3.05) is 6.54 Å². The maximum absolute atomic E-state index is 13.6. The summed E-state index contributed by atoms with van der Waals surface area (Å²) in [6.45, 7) is 6.60. The predicted octanol–water partition coefficient (Wildman–Crippen LogP) is 2.24. The standard InChI is InChI=1S/C14H10F3NO4S/c1-3-8-7-18(14(19)9(8)4-2)22-23(20,21)11-6-5-10(15)12(16)13(11)17/h3-6H,1-2,7H2. The SMILES string of the molecule is C=CC1=C(C=C)C(=O)N(OS(=O)(=O)c2ccc(F)c(F)c2F)C1. The fourth-order valence-corrected chi connectivity index (χ4v) is 2.88. The number of hydroxylamine groups is 2. The Hall–Kier alpha value is -2.39. The van der Waals surface area contributed by atoms with Gasteiger partial charge in [0.2, 0.25) is 0 Å². The van der Waals surface area contributed by atoms with E-state index in [1.54, 1.807) is 0 Å². The lowest BCUT2D eigenvalue weighted by Crippen LogP contribution is -2.31. The van der Waals surface area contributed by atoms with Gasteiger partial charge in [-0.2, -0.15) is 13.5 Å². The van der Waals surface area contributed by atoms with Crippen LogP contribution in [0.15, 0.2) is 53.5 Å². The van der Waals surface area contributed by atoms with Gasteiger partial charge in [0.25, 0.3) is 5.91 Å². The minimum absolute atomic E-state index is 0.0703. The number of amides is 1. The molecule has 1 aromatic carbocycles. The van der Waals surface area contributed by atoms with Crippen LogP contribution in [0.25, 0.3) is 0 Å². The van der Waals surface area contributed by atoms with Gasteiger partial charge in [0.05, 0.1) is 6.54 Å². The van der Waals surface area contributed by atoms with Crippen molar-refractivity contribution in [3.63, 3.8) is 0 Å². The molecule has 5 nitrogen and oxygen atoms in total. The zero-order chi connectivity index (χ0) is 17.4. The molecule has 1 aliphatic heterocycles. The largest absolute Gasteiger partial charge is 0.320 e. The molecule has 0 aliphatic carbocycles. The average Bonchev–Trinajstić information content (AvgIpc) is 2.79. The molecule has 23 heavy (non-hydrogen) atoms. The molecule has 0 unspecified atom stereocenters. The third-order valence-electron chi connectivity index (χ3n) is 3.02. The van der Waals surface area contributed by atoms with Crippen LogP contribution in [0.2, 0.25) is 0 Å². The molecule has 1 amide bonds. The lowest BCUT2D eigenvalue weighted by molar-refractivity contribution is -0.147. The van der Waals surface area contributed by atoms with E-state index in [-0.39, 0.29) is 12.1 Å². The van der Waals surface area contributed by atoms with E-state index in [0.717, 1.165) is 0 Å².